The maximum atomic E-state index is 12.3. The number of carbonyl (C=O) groups excluding carboxylic acids is 3. The van der Waals surface area contributed by atoms with Crippen LogP contribution in [0.3, 0.4) is 0 Å². The molecule has 4 aromatic carbocycles. The quantitative estimate of drug-likeness (QED) is 0.230. The van der Waals surface area contributed by atoms with Gasteiger partial charge in [-0.25, -0.2) is 16.3 Å². The molecule has 9 nitrogen and oxygen atoms in total. The molecule has 9 heteroatoms. The van der Waals surface area contributed by atoms with Crippen LogP contribution in [0.1, 0.15) is 47.8 Å². The fraction of sp³-hybridized carbons (Fsp3) is 0. The zero-order valence-electron chi connectivity index (χ0n) is 20.7. The van der Waals surface area contributed by atoms with Crippen LogP contribution in [-0.4, -0.2) is 36.4 Å². The maximum Gasteiger partial charge on any atom is 0.271 e. The fourth-order valence-electron chi connectivity index (χ4n) is 3.38. The molecule has 0 unspecified atom stereocenters. The molecule has 0 saturated carbocycles. The smallest absolute Gasteiger partial charge is 0.267 e. The number of amides is 3. The molecule has 0 aromatic heterocycles. The topological polar surface area (TPSA) is 124 Å². The van der Waals surface area contributed by atoms with Crippen molar-refractivity contribution in [2.24, 2.45) is 15.3 Å². The fourth-order valence-corrected chi connectivity index (χ4v) is 3.38. The van der Waals surface area contributed by atoms with E-state index in [-0.39, 0.29) is 17.7 Å². The van der Waals surface area contributed by atoms with Gasteiger partial charge in [0.1, 0.15) is 0 Å². The molecule has 0 radical (unpaired) electrons. The van der Waals surface area contributed by atoms with E-state index in [9.17, 15) is 14.4 Å². The first-order valence-electron chi connectivity index (χ1n) is 11.9. The van der Waals surface area contributed by atoms with Gasteiger partial charge in [0.25, 0.3) is 17.7 Å². The summed E-state index contributed by atoms with van der Waals surface area (Å²) in [4.78, 5) is 36.8. The number of carbonyl (C=O) groups is 3. The van der Waals surface area contributed by atoms with Crippen LogP contribution in [0, 0.1) is 0 Å². The van der Waals surface area contributed by atoms with Gasteiger partial charge in [0.2, 0.25) is 0 Å². The van der Waals surface area contributed by atoms with E-state index in [1.54, 1.807) is 91.0 Å². The first-order valence-corrected chi connectivity index (χ1v) is 11.9. The molecular weight excluding hydrogens is 492 g/mol. The highest BCUT2D eigenvalue weighted by molar-refractivity contribution is 5.97. The van der Waals surface area contributed by atoms with Gasteiger partial charge in [-0.1, -0.05) is 54.6 Å². The van der Waals surface area contributed by atoms with Gasteiger partial charge in [0.05, 0.1) is 18.6 Å². The highest BCUT2D eigenvalue weighted by Crippen LogP contribution is 2.07. The Morgan fingerprint density at radius 1 is 0.436 bits per heavy atom. The van der Waals surface area contributed by atoms with E-state index in [2.05, 4.69) is 31.6 Å². The summed E-state index contributed by atoms with van der Waals surface area (Å²) in [5.41, 5.74) is 10.8. The van der Waals surface area contributed by atoms with Crippen molar-refractivity contribution < 1.29 is 14.4 Å². The van der Waals surface area contributed by atoms with Gasteiger partial charge in [-0.2, -0.15) is 15.3 Å². The summed E-state index contributed by atoms with van der Waals surface area (Å²) in [5, 5.41) is 12.1. The zero-order chi connectivity index (χ0) is 27.3. The Labute approximate surface area is 225 Å². The molecule has 0 spiro atoms. The molecule has 3 N–H and O–H groups in total. The molecular formula is C30H24N6O3. The second-order valence-electron chi connectivity index (χ2n) is 8.13. The van der Waals surface area contributed by atoms with Crippen LogP contribution in [0.25, 0.3) is 0 Å². The summed E-state index contributed by atoms with van der Waals surface area (Å²) in [6, 6.07) is 31.4. The molecule has 0 heterocycles. The van der Waals surface area contributed by atoms with Gasteiger partial charge in [0.15, 0.2) is 0 Å². The van der Waals surface area contributed by atoms with Crippen LogP contribution >= 0.6 is 0 Å². The van der Waals surface area contributed by atoms with E-state index < -0.39 is 0 Å². The third kappa shape index (κ3) is 8.16. The summed E-state index contributed by atoms with van der Waals surface area (Å²) in [6.07, 6.45) is 4.42. The Kier molecular flexibility index (Phi) is 9.17. The molecule has 3 amide bonds. The van der Waals surface area contributed by atoms with Crippen LogP contribution in [0.5, 0.6) is 0 Å². The Balaban J connectivity index is 1.49. The third-order valence-corrected chi connectivity index (χ3v) is 5.25. The molecule has 0 fully saturated rings. The number of hydrogen-bond donors (Lipinski definition) is 3. The number of rotatable bonds is 9. The van der Waals surface area contributed by atoms with Crippen LogP contribution < -0.4 is 16.3 Å². The Morgan fingerprint density at radius 2 is 0.692 bits per heavy atom. The van der Waals surface area contributed by atoms with Gasteiger partial charge in [-0.3, -0.25) is 14.4 Å². The minimum absolute atomic E-state index is 0.349. The van der Waals surface area contributed by atoms with Gasteiger partial charge in [-0.15, -0.1) is 0 Å². The first-order chi connectivity index (χ1) is 19.1. The average molecular weight is 517 g/mol. The summed E-state index contributed by atoms with van der Waals surface area (Å²) in [5.74, 6) is -1.05. The monoisotopic (exact) mass is 516 g/mol. The van der Waals surface area contributed by atoms with Crippen molar-refractivity contribution in [3.63, 3.8) is 0 Å². The van der Waals surface area contributed by atoms with Crippen molar-refractivity contribution in [2.45, 2.75) is 0 Å². The third-order valence-electron chi connectivity index (χ3n) is 5.25. The van der Waals surface area contributed by atoms with Crippen LogP contribution in [0.2, 0.25) is 0 Å². The molecule has 0 saturated heterocycles. The van der Waals surface area contributed by atoms with Gasteiger partial charge >= 0.3 is 0 Å². The largest absolute Gasteiger partial charge is 0.271 e. The lowest BCUT2D eigenvalue weighted by atomic mass is 10.1. The van der Waals surface area contributed by atoms with E-state index in [1.165, 1.54) is 18.6 Å². The summed E-state index contributed by atoms with van der Waals surface area (Å²) >= 11 is 0. The van der Waals surface area contributed by atoms with Crippen molar-refractivity contribution in [2.75, 3.05) is 0 Å². The highest BCUT2D eigenvalue weighted by Gasteiger charge is 2.05. The minimum Gasteiger partial charge on any atom is -0.267 e. The molecule has 0 bridgehead atoms. The van der Waals surface area contributed by atoms with E-state index in [4.69, 9.17) is 0 Å². The van der Waals surface area contributed by atoms with Gasteiger partial charge < -0.3 is 0 Å². The van der Waals surface area contributed by atoms with Crippen LogP contribution in [0.4, 0.5) is 0 Å². The molecule has 0 aliphatic rings. The minimum atomic E-state index is -0.349. The van der Waals surface area contributed by atoms with Crippen molar-refractivity contribution in [3.05, 3.63) is 143 Å². The Bertz CT molecular complexity index is 1320. The normalized spacial score (nSPS) is 11.1. The molecule has 0 aliphatic heterocycles. The van der Waals surface area contributed by atoms with Crippen molar-refractivity contribution in [3.8, 4) is 0 Å². The predicted molar refractivity (Wildman–Crippen MR) is 151 cm³/mol. The number of nitrogens with zero attached hydrogens (tertiary/aromatic N) is 3. The van der Waals surface area contributed by atoms with Gasteiger partial charge in [-0.05, 0) is 71.3 Å². The lowest BCUT2D eigenvalue weighted by molar-refractivity contribution is 0.0947. The first kappa shape index (κ1) is 26.4. The van der Waals surface area contributed by atoms with Crippen LogP contribution in [0.15, 0.2) is 124 Å². The Morgan fingerprint density at radius 3 is 0.949 bits per heavy atom. The number of hydrogen-bond acceptors (Lipinski definition) is 6. The standard InChI is InChI=1S/C30H24N6O3/c37-28(25-10-4-1-5-11-25)34-31-19-22-16-23(20-32-35-29(38)26-12-6-2-7-13-26)18-24(17-22)21-33-36-30(39)27-14-8-3-9-15-27/h1-21H,(H,34,37)(H,35,38)(H,36,39). The number of hydrazone groups is 3. The van der Waals surface area contributed by atoms with Crippen LogP contribution in [-0.2, 0) is 0 Å². The SMILES string of the molecule is O=C(NN=Cc1cc(C=NNC(=O)c2ccccc2)cc(C=NNC(=O)c2ccccc2)c1)c1ccccc1. The molecule has 192 valence electrons. The lowest BCUT2D eigenvalue weighted by Crippen LogP contribution is -2.18. The summed E-state index contributed by atoms with van der Waals surface area (Å²) in [6.45, 7) is 0. The molecule has 0 aliphatic carbocycles. The van der Waals surface area contributed by atoms with Crippen molar-refractivity contribution in [1.82, 2.24) is 16.3 Å². The van der Waals surface area contributed by atoms with E-state index in [0.717, 1.165) is 0 Å². The molecule has 4 aromatic rings. The molecule has 4 rings (SSSR count). The molecule has 39 heavy (non-hydrogen) atoms. The van der Waals surface area contributed by atoms with Gasteiger partial charge in [0, 0.05) is 16.7 Å². The van der Waals surface area contributed by atoms with E-state index in [1.807, 2.05) is 18.2 Å². The zero-order valence-corrected chi connectivity index (χ0v) is 20.7. The molecule has 0 atom stereocenters. The van der Waals surface area contributed by atoms with E-state index >= 15 is 0 Å². The average Bonchev–Trinajstić information content (AvgIpc) is 2.98. The summed E-state index contributed by atoms with van der Waals surface area (Å²) < 4.78 is 0. The van der Waals surface area contributed by atoms with Crippen molar-refractivity contribution >= 4 is 36.4 Å². The maximum absolute atomic E-state index is 12.3. The van der Waals surface area contributed by atoms with E-state index in [0.29, 0.717) is 33.4 Å². The lowest BCUT2D eigenvalue weighted by Gasteiger charge is -2.03. The van der Waals surface area contributed by atoms with Crippen molar-refractivity contribution in [1.29, 1.82) is 0 Å². The predicted octanol–water partition coefficient (Wildman–Crippen LogP) is 3.98. The second kappa shape index (κ2) is 13.6. The Hall–Kier alpha value is -5.70. The second-order valence-corrected chi connectivity index (χ2v) is 8.13. The highest BCUT2D eigenvalue weighted by atomic mass is 16.2. The number of nitrogens with one attached hydrogen (secondary N) is 3. The summed E-state index contributed by atoms with van der Waals surface area (Å²) in [7, 11) is 0. The number of benzene rings is 4.